The fraction of sp³-hybridized carbons (Fsp3) is 0.600. The van der Waals surface area contributed by atoms with E-state index in [-0.39, 0.29) is 11.5 Å². The summed E-state index contributed by atoms with van der Waals surface area (Å²) in [6.45, 7) is 1.04. The van der Waals surface area contributed by atoms with Gasteiger partial charge in [-0.2, -0.15) is 0 Å². The van der Waals surface area contributed by atoms with Crippen molar-refractivity contribution in [2.75, 3.05) is 6.54 Å². The second kappa shape index (κ2) is 6.26. The Morgan fingerprint density at radius 3 is 2.37 bits per heavy atom. The molecule has 4 N–H and O–H groups in total. The number of nitrogens with one attached hydrogen (secondary N) is 1. The molecule has 0 bridgehead atoms. The maximum absolute atomic E-state index is 10.5. The van der Waals surface area contributed by atoms with Gasteiger partial charge in [0.25, 0.3) is 0 Å². The summed E-state index contributed by atoms with van der Waals surface area (Å²) in [5, 5.41) is 32.6. The third-order valence-electron chi connectivity index (χ3n) is 3.87. The van der Waals surface area contributed by atoms with Crippen LogP contribution in [-0.4, -0.2) is 27.5 Å². The lowest BCUT2D eigenvalue weighted by atomic mass is 9.94. The molecule has 1 fully saturated rings. The number of benzene rings is 1. The minimum absolute atomic E-state index is 0.0589. The summed E-state index contributed by atoms with van der Waals surface area (Å²) >= 11 is 0. The Morgan fingerprint density at radius 2 is 1.74 bits per heavy atom. The van der Waals surface area contributed by atoms with E-state index in [4.69, 9.17) is 0 Å². The molecule has 1 saturated carbocycles. The highest BCUT2D eigenvalue weighted by Crippen LogP contribution is 2.27. The third-order valence-corrected chi connectivity index (χ3v) is 3.87. The predicted octanol–water partition coefficient (Wildman–Crippen LogP) is 2.27. The molecule has 0 aromatic heterocycles. The lowest BCUT2D eigenvalue weighted by molar-refractivity contribution is 0.0250. The Kier molecular flexibility index (Phi) is 4.66. The molecule has 0 aliphatic heterocycles. The standard InChI is InChI=1S/C15H23NO3/c17-13-6-5-12(14(18)9-13)10-16-11-15(19)7-3-1-2-4-8-15/h5-6,9,16-19H,1-4,7-8,10-11H2. The van der Waals surface area contributed by atoms with Crippen LogP contribution in [0.15, 0.2) is 18.2 Å². The van der Waals surface area contributed by atoms with Gasteiger partial charge in [0.1, 0.15) is 11.5 Å². The maximum atomic E-state index is 10.5. The second-order valence-corrected chi connectivity index (χ2v) is 5.56. The van der Waals surface area contributed by atoms with E-state index in [0.717, 1.165) is 31.2 Å². The van der Waals surface area contributed by atoms with Crippen LogP contribution in [0, 0.1) is 0 Å². The van der Waals surface area contributed by atoms with Crippen LogP contribution >= 0.6 is 0 Å². The highest BCUT2D eigenvalue weighted by atomic mass is 16.3. The van der Waals surface area contributed by atoms with Gasteiger partial charge in [0.15, 0.2) is 0 Å². The number of rotatable bonds is 4. The Morgan fingerprint density at radius 1 is 1.05 bits per heavy atom. The third kappa shape index (κ3) is 4.11. The van der Waals surface area contributed by atoms with Crippen molar-refractivity contribution in [3.05, 3.63) is 23.8 Å². The van der Waals surface area contributed by atoms with E-state index in [0.29, 0.717) is 13.1 Å². The number of hydrogen-bond donors (Lipinski definition) is 4. The summed E-state index contributed by atoms with van der Waals surface area (Å²) in [5.74, 6) is 0.143. The predicted molar refractivity (Wildman–Crippen MR) is 74.1 cm³/mol. The summed E-state index contributed by atoms with van der Waals surface area (Å²) in [6.07, 6.45) is 6.29. The lowest BCUT2D eigenvalue weighted by Gasteiger charge is -2.27. The summed E-state index contributed by atoms with van der Waals surface area (Å²) in [6, 6.07) is 4.57. The van der Waals surface area contributed by atoms with Crippen LogP contribution in [0.1, 0.15) is 44.1 Å². The smallest absolute Gasteiger partial charge is 0.123 e. The molecule has 0 heterocycles. The van der Waals surface area contributed by atoms with Crippen molar-refractivity contribution < 1.29 is 15.3 Å². The van der Waals surface area contributed by atoms with Crippen LogP contribution in [0.2, 0.25) is 0 Å². The summed E-state index contributed by atoms with van der Waals surface area (Å²) in [4.78, 5) is 0. The summed E-state index contributed by atoms with van der Waals surface area (Å²) < 4.78 is 0. The van der Waals surface area contributed by atoms with E-state index in [1.165, 1.54) is 18.9 Å². The zero-order valence-corrected chi connectivity index (χ0v) is 11.2. The average Bonchev–Trinajstić information content (AvgIpc) is 2.57. The first-order valence-electron chi connectivity index (χ1n) is 7.03. The van der Waals surface area contributed by atoms with Gasteiger partial charge in [-0.05, 0) is 18.9 Å². The fourth-order valence-corrected chi connectivity index (χ4v) is 2.70. The van der Waals surface area contributed by atoms with Crippen LogP contribution in [0.25, 0.3) is 0 Å². The minimum Gasteiger partial charge on any atom is -0.508 e. The summed E-state index contributed by atoms with van der Waals surface area (Å²) in [5.41, 5.74) is 0.123. The number of phenols is 2. The van der Waals surface area contributed by atoms with Crippen LogP contribution in [-0.2, 0) is 6.54 Å². The molecule has 4 heteroatoms. The van der Waals surface area contributed by atoms with Gasteiger partial charge >= 0.3 is 0 Å². The molecule has 4 nitrogen and oxygen atoms in total. The molecule has 0 radical (unpaired) electrons. The molecule has 1 aromatic carbocycles. The van der Waals surface area contributed by atoms with Crippen LogP contribution in [0.5, 0.6) is 11.5 Å². The van der Waals surface area contributed by atoms with E-state index in [1.54, 1.807) is 12.1 Å². The normalized spacial score (nSPS) is 19.0. The van der Waals surface area contributed by atoms with Crippen LogP contribution in [0.4, 0.5) is 0 Å². The molecule has 0 atom stereocenters. The van der Waals surface area contributed by atoms with Crippen LogP contribution < -0.4 is 5.32 Å². The van der Waals surface area contributed by atoms with Crippen molar-refractivity contribution in [1.29, 1.82) is 0 Å². The first kappa shape index (κ1) is 14.2. The molecule has 0 unspecified atom stereocenters. The van der Waals surface area contributed by atoms with Gasteiger partial charge in [0.05, 0.1) is 5.60 Å². The van der Waals surface area contributed by atoms with Crippen molar-refractivity contribution in [2.45, 2.75) is 50.7 Å². The minimum atomic E-state index is -0.608. The topological polar surface area (TPSA) is 72.7 Å². The van der Waals surface area contributed by atoms with Crippen molar-refractivity contribution >= 4 is 0 Å². The molecule has 0 saturated heterocycles. The van der Waals surface area contributed by atoms with Gasteiger partial charge in [0.2, 0.25) is 0 Å². The molecule has 1 aromatic rings. The van der Waals surface area contributed by atoms with Crippen molar-refractivity contribution in [3.63, 3.8) is 0 Å². The van der Waals surface area contributed by atoms with Gasteiger partial charge in [-0.25, -0.2) is 0 Å². The van der Waals surface area contributed by atoms with Crippen molar-refractivity contribution in [3.8, 4) is 11.5 Å². The molecule has 19 heavy (non-hydrogen) atoms. The van der Waals surface area contributed by atoms with Gasteiger partial charge in [-0.15, -0.1) is 0 Å². The fourth-order valence-electron chi connectivity index (χ4n) is 2.70. The number of hydrogen-bond acceptors (Lipinski definition) is 4. The zero-order valence-electron chi connectivity index (χ0n) is 11.2. The zero-order chi connectivity index (χ0) is 13.7. The van der Waals surface area contributed by atoms with Gasteiger partial charge in [-0.1, -0.05) is 31.7 Å². The van der Waals surface area contributed by atoms with Gasteiger partial charge < -0.3 is 20.6 Å². The van der Waals surface area contributed by atoms with Crippen molar-refractivity contribution in [1.82, 2.24) is 5.32 Å². The number of aromatic hydroxyl groups is 2. The van der Waals surface area contributed by atoms with Crippen molar-refractivity contribution in [2.24, 2.45) is 0 Å². The Balaban J connectivity index is 1.85. The highest BCUT2D eigenvalue weighted by Gasteiger charge is 2.27. The number of aliphatic hydroxyl groups is 1. The molecule has 106 valence electrons. The lowest BCUT2D eigenvalue weighted by Crippen LogP contribution is -2.39. The number of phenolic OH excluding ortho intramolecular Hbond substituents is 2. The Hall–Kier alpha value is -1.26. The largest absolute Gasteiger partial charge is 0.508 e. The second-order valence-electron chi connectivity index (χ2n) is 5.56. The van der Waals surface area contributed by atoms with E-state index >= 15 is 0 Å². The van der Waals surface area contributed by atoms with E-state index in [9.17, 15) is 15.3 Å². The molecule has 2 rings (SSSR count). The van der Waals surface area contributed by atoms with Gasteiger partial charge in [0, 0.05) is 24.7 Å². The average molecular weight is 265 g/mol. The van der Waals surface area contributed by atoms with E-state index in [2.05, 4.69) is 5.32 Å². The Bertz CT molecular complexity index is 412. The van der Waals surface area contributed by atoms with Gasteiger partial charge in [-0.3, -0.25) is 0 Å². The SMILES string of the molecule is Oc1ccc(CNCC2(O)CCCCCC2)c(O)c1. The molecule has 1 aliphatic carbocycles. The highest BCUT2D eigenvalue weighted by molar-refractivity contribution is 5.38. The monoisotopic (exact) mass is 265 g/mol. The molecular formula is C15H23NO3. The quantitative estimate of drug-likeness (QED) is 0.630. The van der Waals surface area contributed by atoms with Crippen LogP contribution in [0.3, 0.4) is 0 Å². The Labute approximate surface area is 114 Å². The summed E-state index contributed by atoms with van der Waals surface area (Å²) in [7, 11) is 0. The molecule has 0 spiro atoms. The molecule has 0 amide bonds. The molecule has 1 aliphatic rings. The van der Waals surface area contributed by atoms with E-state index < -0.39 is 5.60 Å². The molecular weight excluding hydrogens is 242 g/mol. The first-order chi connectivity index (χ1) is 9.09. The first-order valence-corrected chi connectivity index (χ1v) is 7.03. The maximum Gasteiger partial charge on any atom is 0.123 e. The van der Waals surface area contributed by atoms with E-state index in [1.807, 2.05) is 0 Å².